The highest BCUT2D eigenvalue weighted by molar-refractivity contribution is 6.09. The highest BCUT2D eigenvalue weighted by Crippen LogP contribution is 2.28. The van der Waals surface area contributed by atoms with Gasteiger partial charge in [-0.2, -0.15) is 0 Å². The van der Waals surface area contributed by atoms with Gasteiger partial charge >= 0.3 is 0 Å². The van der Waals surface area contributed by atoms with E-state index < -0.39 is 23.8 Å². The summed E-state index contributed by atoms with van der Waals surface area (Å²) in [5, 5.41) is 2.13. The maximum absolute atomic E-state index is 11.2. The molecule has 0 spiro atoms. The molecular formula is C9H8NO4. The predicted octanol–water partition coefficient (Wildman–Crippen LogP) is -0.990. The molecule has 5 heteroatoms. The summed E-state index contributed by atoms with van der Waals surface area (Å²) in [6.45, 7) is 0.404. The van der Waals surface area contributed by atoms with E-state index in [2.05, 4.69) is 5.32 Å². The van der Waals surface area contributed by atoms with E-state index in [1.807, 2.05) is 0 Å². The Balaban J connectivity index is 2.19. The second-order valence-electron chi connectivity index (χ2n) is 3.21. The van der Waals surface area contributed by atoms with Crippen molar-refractivity contribution >= 4 is 17.8 Å². The fourth-order valence-corrected chi connectivity index (χ4v) is 1.68. The number of rotatable bonds is 1. The number of hydrogen-bond donors (Lipinski definition) is 1. The van der Waals surface area contributed by atoms with Crippen LogP contribution in [0, 0.1) is 12.3 Å². The minimum Gasteiger partial charge on any atom is -0.372 e. The summed E-state index contributed by atoms with van der Waals surface area (Å²) >= 11 is 0. The zero-order chi connectivity index (χ0) is 10.1. The number of amides is 2. The van der Waals surface area contributed by atoms with Crippen LogP contribution in [0.15, 0.2) is 5.57 Å². The van der Waals surface area contributed by atoms with E-state index in [-0.39, 0.29) is 0 Å². The lowest BCUT2D eigenvalue weighted by Crippen LogP contribution is -2.29. The summed E-state index contributed by atoms with van der Waals surface area (Å²) in [5.41, 5.74) is 0.427. The van der Waals surface area contributed by atoms with Gasteiger partial charge in [-0.25, -0.2) is 4.79 Å². The number of nitrogens with one attached hydrogen (secondary N) is 1. The van der Waals surface area contributed by atoms with Crippen LogP contribution in [-0.2, 0) is 19.1 Å². The van der Waals surface area contributed by atoms with Gasteiger partial charge in [-0.05, 0) is 0 Å². The Hall–Kier alpha value is -1.45. The summed E-state index contributed by atoms with van der Waals surface area (Å²) in [6.07, 6.45) is 1.13. The number of carbonyl (C=O) groups is 2. The van der Waals surface area contributed by atoms with E-state index in [0.717, 1.165) is 0 Å². The van der Waals surface area contributed by atoms with Gasteiger partial charge in [-0.3, -0.25) is 14.9 Å². The van der Waals surface area contributed by atoms with E-state index in [9.17, 15) is 14.4 Å². The highest BCUT2D eigenvalue weighted by atomic mass is 16.5. The molecule has 2 aliphatic heterocycles. The standard InChI is InChI=1S/C9H8NO4/c11-4-5-1-2-14-8(5)6-3-7(12)10-9(6)13/h3,6,8H,1-2H2,(H,10,12,13). The molecule has 5 nitrogen and oxygen atoms in total. The van der Waals surface area contributed by atoms with Gasteiger partial charge in [0, 0.05) is 12.0 Å². The molecule has 1 radical (unpaired) electrons. The summed E-state index contributed by atoms with van der Waals surface area (Å²) in [5.74, 6) is 0.254. The molecule has 1 N–H and O–H groups in total. The van der Waals surface area contributed by atoms with Crippen LogP contribution in [0.2, 0.25) is 0 Å². The first-order chi connectivity index (χ1) is 6.72. The van der Waals surface area contributed by atoms with E-state index >= 15 is 0 Å². The Morgan fingerprint density at radius 3 is 2.86 bits per heavy atom. The number of hydrogen-bond acceptors (Lipinski definition) is 4. The number of ether oxygens (including phenoxy) is 1. The summed E-state index contributed by atoms with van der Waals surface area (Å²) in [7, 11) is 0. The van der Waals surface area contributed by atoms with Crippen molar-refractivity contribution < 1.29 is 19.1 Å². The lowest BCUT2D eigenvalue weighted by Gasteiger charge is -2.13. The van der Waals surface area contributed by atoms with Crippen molar-refractivity contribution in [2.45, 2.75) is 12.5 Å². The van der Waals surface area contributed by atoms with Gasteiger partial charge < -0.3 is 4.74 Å². The maximum atomic E-state index is 11.2. The van der Waals surface area contributed by atoms with Crippen molar-refractivity contribution in [2.75, 3.05) is 6.61 Å². The molecule has 0 bridgehead atoms. The predicted molar refractivity (Wildman–Crippen MR) is 44.5 cm³/mol. The number of imide groups is 1. The van der Waals surface area contributed by atoms with Crippen LogP contribution in [0.3, 0.4) is 0 Å². The van der Waals surface area contributed by atoms with Crippen LogP contribution >= 0.6 is 0 Å². The molecule has 2 unspecified atom stereocenters. The van der Waals surface area contributed by atoms with Crippen LogP contribution in [0.25, 0.3) is 0 Å². The van der Waals surface area contributed by atoms with E-state index in [0.29, 0.717) is 18.6 Å². The average Bonchev–Trinajstić information content (AvgIpc) is 2.71. The fourth-order valence-electron chi connectivity index (χ4n) is 1.68. The lowest BCUT2D eigenvalue weighted by atomic mass is 9.95. The zero-order valence-electron chi connectivity index (χ0n) is 7.28. The van der Waals surface area contributed by atoms with Gasteiger partial charge in [0.15, 0.2) is 0 Å². The molecule has 2 atom stereocenters. The van der Waals surface area contributed by atoms with Crippen molar-refractivity contribution in [3.05, 3.63) is 12.0 Å². The molecule has 0 aromatic heterocycles. The van der Waals surface area contributed by atoms with Crippen molar-refractivity contribution in [1.82, 2.24) is 5.32 Å². The third kappa shape index (κ3) is 1.36. The molecule has 2 fully saturated rings. The Morgan fingerprint density at radius 1 is 1.50 bits per heavy atom. The molecule has 14 heavy (non-hydrogen) atoms. The second kappa shape index (κ2) is 3.36. The first-order valence-corrected chi connectivity index (χ1v) is 4.27. The van der Waals surface area contributed by atoms with Crippen LogP contribution in [0.1, 0.15) is 6.42 Å². The zero-order valence-corrected chi connectivity index (χ0v) is 7.28. The molecule has 2 rings (SSSR count). The second-order valence-corrected chi connectivity index (χ2v) is 3.21. The van der Waals surface area contributed by atoms with Gasteiger partial charge in [0.1, 0.15) is 12.0 Å². The largest absolute Gasteiger partial charge is 0.372 e. The molecule has 0 saturated carbocycles. The fraction of sp³-hybridized carbons (Fsp3) is 0.444. The molecule has 73 valence electrons. The maximum Gasteiger partial charge on any atom is 0.233 e. The molecule has 0 aromatic carbocycles. The highest BCUT2D eigenvalue weighted by Gasteiger charge is 2.42. The molecule has 0 aliphatic carbocycles. The van der Waals surface area contributed by atoms with Gasteiger partial charge in [0.25, 0.3) is 0 Å². The Labute approximate surface area is 80.1 Å². The normalized spacial score (nSPS) is 31.9. The minimum atomic E-state index is -0.665. The molecular weight excluding hydrogens is 186 g/mol. The first-order valence-electron chi connectivity index (χ1n) is 4.27. The van der Waals surface area contributed by atoms with Crippen molar-refractivity contribution in [2.24, 2.45) is 5.92 Å². The summed E-state index contributed by atoms with van der Waals surface area (Å²) in [6, 6.07) is 0. The van der Waals surface area contributed by atoms with E-state index in [1.54, 1.807) is 5.94 Å². The van der Waals surface area contributed by atoms with Crippen LogP contribution in [0.5, 0.6) is 0 Å². The smallest absolute Gasteiger partial charge is 0.233 e. The third-order valence-corrected chi connectivity index (χ3v) is 2.35. The van der Waals surface area contributed by atoms with E-state index in [4.69, 9.17) is 4.74 Å². The van der Waals surface area contributed by atoms with Gasteiger partial charge in [-0.1, -0.05) is 0 Å². The lowest BCUT2D eigenvalue weighted by molar-refractivity contribution is -0.127. The van der Waals surface area contributed by atoms with Crippen LogP contribution in [0.4, 0.5) is 0 Å². The Kier molecular flexibility index (Phi) is 2.19. The van der Waals surface area contributed by atoms with Crippen molar-refractivity contribution in [3.8, 4) is 0 Å². The molecule has 2 saturated heterocycles. The topological polar surface area (TPSA) is 72.5 Å². The quantitative estimate of drug-likeness (QED) is 0.429. The van der Waals surface area contributed by atoms with Gasteiger partial charge in [0.2, 0.25) is 11.8 Å². The Bertz CT molecular complexity index is 343. The van der Waals surface area contributed by atoms with Crippen LogP contribution in [-0.4, -0.2) is 30.5 Å². The molecule has 2 heterocycles. The summed E-state index contributed by atoms with van der Waals surface area (Å²) in [4.78, 5) is 32.6. The third-order valence-electron chi connectivity index (χ3n) is 2.35. The Morgan fingerprint density at radius 2 is 2.29 bits per heavy atom. The van der Waals surface area contributed by atoms with Gasteiger partial charge in [0.05, 0.1) is 18.9 Å². The van der Waals surface area contributed by atoms with Gasteiger partial charge in [-0.15, -0.1) is 0 Å². The molecule has 2 aliphatic rings. The number of carbonyl (C=O) groups excluding carboxylic acids is 3. The molecule has 2 amide bonds. The first kappa shape index (κ1) is 9.12. The minimum absolute atomic E-state index is 0.404. The van der Waals surface area contributed by atoms with Crippen molar-refractivity contribution in [1.29, 1.82) is 0 Å². The SMILES string of the molecule is O=C=C1CCOC1C1[CH]C(=O)NC1=O. The monoisotopic (exact) mass is 194 g/mol. The van der Waals surface area contributed by atoms with E-state index in [1.165, 1.54) is 6.42 Å². The van der Waals surface area contributed by atoms with Crippen molar-refractivity contribution in [3.63, 3.8) is 0 Å². The van der Waals surface area contributed by atoms with Crippen LogP contribution < -0.4 is 5.32 Å². The summed E-state index contributed by atoms with van der Waals surface area (Å²) < 4.78 is 5.22. The molecule has 0 aromatic rings. The average molecular weight is 194 g/mol.